The van der Waals surface area contributed by atoms with Gasteiger partial charge in [-0.25, -0.2) is 0 Å². The molecule has 0 aliphatic carbocycles. The van der Waals surface area contributed by atoms with E-state index < -0.39 is 0 Å². The molecule has 0 spiro atoms. The first-order valence-electron chi connectivity index (χ1n) is 6.34. The van der Waals surface area contributed by atoms with E-state index in [4.69, 9.17) is 9.47 Å². The van der Waals surface area contributed by atoms with Gasteiger partial charge in [-0.2, -0.15) is 0 Å². The highest BCUT2D eigenvalue weighted by Crippen LogP contribution is 2.40. The summed E-state index contributed by atoms with van der Waals surface area (Å²) in [5.41, 5.74) is 0.978. The molecular formula is C15H15NO3. The molecule has 0 saturated carbocycles. The molecule has 4 nitrogen and oxygen atoms in total. The van der Waals surface area contributed by atoms with Crippen molar-refractivity contribution in [3.8, 4) is 5.75 Å². The van der Waals surface area contributed by atoms with Gasteiger partial charge in [0.05, 0.1) is 12.3 Å². The molecule has 98 valence electrons. The molecule has 1 aliphatic heterocycles. The highest BCUT2D eigenvalue weighted by Gasteiger charge is 2.25. The average molecular weight is 257 g/mol. The second kappa shape index (κ2) is 4.80. The number of carbonyl (C=O) groups excluding carboxylic acids is 1. The van der Waals surface area contributed by atoms with E-state index in [0.29, 0.717) is 13.3 Å². The maximum absolute atomic E-state index is 11.6. The standard InChI is InChI=1S/C15H15NO3/c1-2-18-14(17)9-16-10-19-13-8-7-11-5-3-4-6-12(11)15(13)16/h3-8H,2,9-10H2,1H3. The summed E-state index contributed by atoms with van der Waals surface area (Å²) in [5.74, 6) is 0.592. The Balaban J connectivity index is 1.98. The SMILES string of the molecule is CCOC(=O)CN1COc2ccc3ccccc3c21. The minimum absolute atomic E-state index is 0.217. The quantitative estimate of drug-likeness (QED) is 0.792. The van der Waals surface area contributed by atoms with Crippen LogP contribution in [0.1, 0.15) is 6.92 Å². The van der Waals surface area contributed by atoms with Crippen LogP contribution in [-0.2, 0) is 9.53 Å². The van der Waals surface area contributed by atoms with E-state index in [9.17, 15) is 4.79 Å². The number of carbonyl (C=O) groups is 1. The van der Waals surface area contributed by atoms with Crippen LogP contribution >= 0.6 is 0 Å². The zero-order valence-electron chi connectivity index (χ0n) is 10.8. The zero-order valence-corrected chi connectivity index (χ0v) is 10.8. The van der Waals surface area contributed by atoms with E-state index in [0.717, 1.165) is 22.2 Å². The van der Waals surface area contributed by atoms with Crippen LogP contribution in [0.2, 0.25) is 0 Å². The molecule has 0 aromatic heterocycles. The Morgan fingerprint density at radius 2 is 2.16 bits per heavy atom. The summed E-state index contributed by atoms with van der Waals surface area (Å²) in [4.78, 5) is 13.5. The minimum Gasteiger partial charge on any atom is -0.471 e. The van der Waals surface area contributed by atoms with Crippen molar-refractivity contribution >= 4 is 22.4 Å². The van der Waals surface area contributed by atoms with Crippen LogP contribution in [0, 0.1) is 0 Å². The number of benzene rings is 2. The lowest BCUT2D eigenvalue weighted by molar-refractivity contribution is -0.141. The Labute approximate surface area is 111 Å². The van der Waals surface area contributed by atoms with Crippen molar-refractivity contribution in [2.24, 2.45) is 0 Å². The van der Waals surface area contributed by atoms with Crippen molar-refractivity contribution in [3.05, 3.63) is 36.4 Å². The Morgan fingerprint density at radius 3 is 3.00 bits per heavy atom. The lowest BCUT2D eigenvalue weighted by atomic mass is 10.1. The summed E-state index contributed by atoms with van der Waals surface area (Å²) >= 11 is 0. The number of anilines is 1. The van der Waals surface area contributed by atoms with Gasteiger partial charge in [0.2, 0.25) is 0 Å². The Kier molecular flexibility index (Phi) is 2.99. The first kappa shape index (κ1) is 11.8. The topological polar surface area (TPSA) is 38.8 Å². The van der Waals surface area contributed by atoms with Gasteiger partial charge in [-0.1, -0.05) is 30.3 Å². The molecule has 2 aromatic carbocycles. The van der Waals surface area contributed by atoms with E-state index in [1.54, 1.807) is 0 Å². The fraction of sp³-hybridized carbons (Fsp3) is 0.267. The third-order valence-electron chi connectivity index (χ3n) is 3.18. The second-order valence-corrected chi connectivity index (χ2v) is 4.41. The summed E-state index contributed by atoms with van der Waals surface area (Å²) in [6, 6.07) is 12.1. The summed E-state index contributed by atoms with van der Waals surface area (Å²) in [7, 11) is 0. The lowest BCUT2D eigenvalue weighted by Crippen LogP contribution is -2.30. The number of hydrogen-bond acceptors (Lipinski definition) is 4. The van der Waals surface area contributed by atoms with Gasteiger partial charge in [0.15, 0.2) is 6.73 Å². The van der Waals surface area contributed by atoms with E-state index >= 15 is 0 Å². The predicted octanol–water partition coefficient (Wildman–Crippen LogP) is 2.56. The van der Waals surface area contributed by atoms with E-state index in [-0.39, 0.29) is 12.5 Å². The predicted molar refractivity (Wildman–Crippen MR) is 73.4 cm³/mol. The lowest BCUT2D eigenvalue weighted by Gasteiger charge is -2.16. The van der Waals surface area contributed by atoms with Crippen LogP contribution in [0.15, 0.2) is 36.4 Å². The normalized spacial score (nSPS) is 13.2. The molecule has 0 saturated heterocycles. The van der Waals surface area contributed by atoms with E-state index in [1.165, 1.54) is 0 Å². The Bertz CT molecular complexity index is 624. The summed E-state index contributed by atoms with van der Waals surface area (Å²) < 4.78 is 10.6. The van der Waals surface area contributed by atoms with Crippen LogP contribution in [0.4, 0.5) is 5.69 Å². The molecule has 4 heteroatoms. The smallest absolute Gasteiger partial charge is 0.325 e. The van der Waals surface area contributed by atoms with Crippen molar-refractivity contribution < 1.29 is 14.3 Å². The van der Waals surface area contributed by atoms with Crippen LogP contribution in [0.25, 0.3) is 10.8 Å². The molecule has 3 rings (SSSR count). The average Bonchev–Trinajstić information content (AvgIpc) is 2.82. The fourth-order valence-electron chi connectivity index (χ4n) is 2.38. The largest absolute Gasteiger partial charge is 0.471 e. The number of fused-ring (bicyclic) bond motifs is 3. The molecule has 0 unspecified atom stereocenters. The van der Waals surface area contributed by atoms with Gasteiger partial charge >= 0.3 is 5.97 Å². The van der Waals surface area contributed by atoms with Gasteiger partial charge in [-0.15, -0.1) is 0 Å². The highest BCUT2D eigenvalue weighted by molar-refractivity contribution is 5.99. The minimum atomic E-state index is -0.230. The van der Waals surface area contributed by atoms with Gasteiger partial charge in [0.1, 0.15) is 12.3 Å². The van der Waals surface area contributed by atoms with Crippen molar-refractivity contribution in [3.63, 3.8) is 0 Å². The third kappa shape index (κ3) is 2.10. The van der Waals surface area contributed by atoms with Gasteiger partial charge in [0.25, 0.3) is 0 Å². The van der Waals surface area contributed by atoms with Gasteiger partial charge in [0, 0.05) is 5.39 Å². The van der Waals surface area contributed by atoms with Crippen molar-refractivity contribution in [2.45, 2.75) is 6.92 Å². The number of hydrogen-bond donors (Lipinski definition) is 0. The fourth-order valence-corrected chi connectivity index (χ4v) is 2.38. The van der Waals surface area contributed by atoms with Crippen molar-refractivity contribution in [1.29, 1.82) is 0 Å². The number of esters is 1. The number of rotatable bonds is 3. The Hall–Kier alpha value is -2.23. The highest BCUT2D eigenvalue weighted by atomic mass is 16.5. The van der Waals surface area contributed by atoms with Crippen LogP contribution in [0.5, 0.6) is 5.75 Å². The Morgan fingerprint density at radius 1 is 1.32 bits per heavy atom. The monoisotopic (exact) mass is 257 g/mol. The molecule has 0 radical (unpaired) electrons. The molecule has 19 heavy (non-hydrogen) atoms. The molecule has 0 bridgehead atoms. The maximum atomic E-state index is 11.6. The molecular weight excluding hydrogens is 242 g/mol. The summed E-state index contributed by atoms with van der Waals surface area (Å²) in [6.45, 7) is 2.81. The number of ether oxygens (including phenoxy) is 2. The zero-order chi connectivity index (χ0) is 13.2. The van der Waals surface area contributed by atoms with Crippen LogP contribution in [0.3, 0.4) is 0 Å². The first-order valence-corrected chi connectivity index (χ1v) is 6.34. The first-order chi connectivity index (χ1) is 9.29. The van der Waals surface area contributed by atoms with Crippen molar-refractivity contribution in [2.75, 3.05) is 24.8 Å². The van der Waals surface area contributed by atoms with Crippen LogP contribution < -0.4 is 9.64 Å². The van der Waals surface area contributed by atoms with Crippen molar-refractivity contribution in [1.82, 2.24) is 0 Å². The summed E-state index contributed by atoms with van der Waals surface area (Å²) in [6.07, 6.45) is 0. The van der Waals surface area contributed by atoms with Crippen LogP contribution in [-0.4, -0.2) is 25.9 Å². The van der Waals surface area contributed by atoms with E-state index in [1.807, 2.05) is 42.2 Å². The number of nitrogens with zero attached hydrogens (tertiary/aromatic N) is 1. The molecule has 2 aromatic rings. The maximum Gasteiger partial charge on any atom is 0.325 e. The molecule has 0 N–H and O–H groups in total. The second-order valence-electron chi connectivity index (χ2n) is 4.41. The van der Waals surface area contributed by atoms with E-state index in [2.05, 4.69) is 6.07 Å². The third-order valence-corrected chi connectivity index (χ3v) is 3.18. The van der Waals surface area contributed by atoms with Gasteiger partial charge < -0.3 is 14.4 Å². The molecule has 1 aliphatic rings. The van der Waals surface area contributed by atoms with Gasteiger partial charge in [-0.3, -0.25) is 4.79 Å². The molecule has 0 atom stereocenters. The van der Waals surface area contributed by atoms with Gasteiger partial charge in [-0.05, 0) is 18.4 Å². The molecule has 1 heterocycles. The molecule has 0 fully saturated rings. The summed E-state index contributed by atoms with van der Waals surface area (Å²) in [5, 5.41) is 2.24. The molecule has 0 amide bonds.